The minimum absolute atomic E-state index is 0.0653. The first-order valence-corrected chi connectivity index (χ1v) is 7.94. The Balaban J connectivity index is 2.48. The molecule has 1 heterocycles. The monoisotopic (exact) mass is 314 g/mol. The van der Waals surface area contributed by atoms with Crippen LogP contribution in [0.25, 0.3) is 0 Å². The number of carboxylic acid groups (broad SMARTS) is 1. The minimum Gasteiger partial charge on any atom is -0.480 e. The molecule has 1 aromatic carbocycles. The number of nitrogens with zero attached hydrogens (tertiary/aromatic N) is 1. The second-order valence-corrected chi connectivity index (χ2v) is 6.63. The molecule has 116 valence electrons. The van der Waals surface area contributed by atoms with Crippen molar-refractivity contribution < 1.29 is 23.1 Å². The van der Waals surface area contributed by atoms with Gasteiger partial charge in [-0.2, -0.15) is 0 Å². The highest BCUT2D eigenvalue weighted by Gasteiger charge is 2.38. The topological polar surface area (TPSA) is 95.9 Å². The van der Waals surface area contributed by atoms with Crippen LogP contribution in [0, 0.1) is 0 Å². The van der Waals surface area contributed by atoms with Gasteiger partial charge in [-0.3, -0.25) is 0 Å². The summed E-state index contributed by atoms with van der Waals surface area (Å²) < 4.78 is 31.7. The number of hydrogen-bond donors (Lipinski definition) is 2. The van der Waals surface area contributed by atoms with Gasteiger partial charge in [0.25, 0.3) is 0 Å². The van der Waals surface area contributed by atoms with Crippen LogP contribution in [0.4, 0.5) is 5.69 Å². The molecule has 2 rings (SSSR count). The van der Waals surface area contributed by atoms with Crippen LogP contribution in [0.15, 0.2) is 29.2 Å². The molecular formula is C13H18N2O5S. The first kappa shape index (κ1) is 15.7. The van der Waals surface area contributed by atoms with Crippen LogP contribution in [-0.2, 0) is 19.6 Å². The van der Waals surface area contributed by atoms with Crippen molar-refractivity contribution in [2.24, 2.45) is 0 Å². The van der Waals surface area contributed by atoms with E-state index < -0.39 is 22.0 Å². The van der Waals surface area contributed by atoms with Crippen LogP contribution >= 0.6 is 0 Å². The van der Waals surface area contributed by atoms with E-state index in [1.807, 2.05) is 0 Å². The molecule has 1 aromatic rings. The number of sulfonamides is 1. The van der Waals surface area contributed by atoms with Gasteiger partial charge in [-0.25, -0.2) is 17.9 Å². The van der Waals surface area contributed by atoms with E-state index in [2.05, 4.69) is 4.72 Å². The molecule has 1 fully saturated rings. The van der Waals surface area contributed by atoms with Gasteiger partial charge < -0.3 is 14.7 Å². The lowest BCUT2D eigenvalue weighted by atomic mass is 10.2. The quantitative estimate of drug-likeness (QED) is 0.810. The smallest absolute Gasteiger partial charge is 0.326 e. The number of anilines is 1. The fourth-order valence-corrected chi connectivity index (χ4v) is 3.44. The molecule has 0 spiro atoms. The highest BCUT2D eigenvalue weighted by Crippen LogP contribution is 2.32. The number of para-hydroxylation sites is 1. The average Bonchev–Trinajstić information content (AvgIpc) is 2.91. The van der Waals surface area contributed by atoms with Crippen LogP contribution in [-0.4, -0.2) is 52.3 Å². The highest BCUT2D eigenvalue weighted by atomic mass is 32.2. The van der Waals surface area contributed by atoms with Gasteiger partial charge in [0.15, 0.2) is 0 Å². The largest absolute Gasteiger partial charge is 0.480 e. The maximum Gasteiger partial charge on any atom is 0.326 e. The van der Waals surface area contributed by atoms with E-state index >= 15 is 0 Å². The lowest BCUT2D eigenvalue weighted by Crippen LogP contribution is -2.37. The van der Waals surface area contributed by atoms with Crippen molar-refractivity contribution in [3.05, 3.63) is 24.3 Å². The molecule has 2 atom stereocenters. The molecule has 0 radical (unpaired) electrons. The number of carboxylic acids is 1. The number of carbonyl (C=O) groups is 1. The Morgan fingerprint density at radius 2 is 2.10 bits per heavy atom. The SMILES string of the molecule is CNS(=O)(=O)c1ccccc1N1CC(OC)CC1C(=O)O. The molecule has 2 unspecified atom stereocenters. The molecule has 0 bridgehead atoms. The Kier molecular flexibility index (Phi) is 4.50. The van der Waals surface area contributed by atoms with E-state index in [0.29, 0.717) is 18.7 Å². The van der Waals surface area contributed by atoms with E-state index in [9.17, 15) is 18.3 Å². The van der Waals surface area contributed by atoms with Crippen LogP contribution in [0.3, 0.4) is 0 Å². The van der Waals surface area contributed by atoms with E-state index in [1.165, 1.54) is 20.2 Å². The van der Waals surface area contributed by atoms with Crippen LogP contribution < -0.4 is 9.62 Å². The second kappa shape index (κ2) is 6.00. The zero-order chi connectivity index (χ0) is 15.6. The molecule has 1 aliphatic rings. The number of rotatable bonds is 5. The van der Waals surface area contributed by atoms with Crippen LogP contribution in [0.1, 0.15) is 6.42 Å². The van der Waals surface area contributed by atoms with E-state index in [4.69, 9.17) is 4.74 Å². The summed E-state index contributed by atoms with van der Waals surface area (Å²) in [4.78, 5) is 13.1. The molecule has 1 saturated heterocycles. The summed E-state index contributed by atoms with van der Waals surface area (Å²) in [6.45, 7) is 0.337. The molecule has 0 aromatic heterocycles. The normalized spacial score (nSPS) is 22.5. The summed E-state index contributed by atoms with van der Waals surface area (Å²) in [5.41, 5.74) is 0.374. The Labute approximate surface area is 123 Å². The Morgan fingerprint density at radius 1 is 1.43 bits per heavy atom. The molecule has 0 amide bonds. The van der Waals surface area contributed by atoms with Gasteiger partial charge in [-0.1, -0.05) is 12.1 Å². The van der Waals surface area contributed by atoms with Gasteiger partial charge >= 0.3 is 5.97 Å². The maximum absolute atomic E-state index is 12.1. The Bertz CT molecular complexity index is 631. The average molecular weight is 314 g/mol. The van der Waals surface area contributed by atoms with Crippen molar-refractivity contribution in [2.45, 2.75) is 23.5 Å². The van der Waals surface area contributed by atoms with Gasteiger partial charge in [-0.05, 0) is 19.2 Å². The fraction of sp³-hybridized carbons (Fsp3) is 0.462. The second-order valence-electron chi connectivity index (χ2n) is 4.78. The Hall–Kier alpha value is -1.64. The highest BCUT2D eigenvalue weighted by molar-refractivity contribution is 7.89. The summed E-state index contributed by atoms with van der Waals surface area (Å²) in [5, 5.41) is 9.35. The molecule has 1 aliphatic heterocycles. The fourth-order valence-electron chi connectivity index (χ4n) is 2.50. The van der Waals surface area contributed by atoms with Crippen molar-refractivity contribution >= 4 is 21.7 Å². The summed E-state index contributed by atoms with van der Waals surface area (Å²) in [5.74, 6) is -0.994. The van der Waals surface area contributed by atoms with Gasteiger partial charge in [0.1, 0.15) is 10.9 Å². The Morgan fingerprint density at radius 3 is 2.67 bits per heavy atom. The number of aliphatic carboxylic acids is 1. The van der Waals surface area contributed by atoms with E-state index in [-0.39, 0.29) is 11.0 Å². The zero-order valence-corrected chi connectivity index (χ0v) is 12.6. The molecule has 0 saturated carbocycles. The first-order valence-electron chi connectivity index (χ1n) is 6.45. The van der Waals surface area contributed by atoms with E-state index in [0.717, 1.165) is 0 Å². The molecule has 7 nitrogen and oxygen atoms in total. The van der Waals surface area contributed by atoms with Gasteiger partial charge in [0.05, 0.1) is 11.8 Å². The summed E-state index contributed by atoms with van der Waals surface area (Å²) in [6, 6.07) is 5.55. The molecule has 0 aliphatic carbocycles. The van der Waals surface area contributed by atoms with Crippen molar-refractivity contribution in [3.8, 4) is 0 Å². The molecule has 21 heavy (non-hydrogen) atoms. The predicted molar refractivity (Wildman–Crippen MR) is 76.9 cm³/mol. The van der Waals surface area contributed by atoms with Crippen molar-refractivity contribution in [3.63, 3.8) is 0 Å². The minimum atomic E-state index is -3.67. The third kappa shape index (κ3) is 3.02. The third-order valence-corrected chi connectivity index (χ3v) is 5.08. The lowest BCUT2D eigenvalue weighted by molar-refractivity contribution is -0.138. The van der Waals surface area contributed by atoms with Gasteiger partial charge in [0.2, 0.25) is 10.0 Å². The van der Waals surface area contributed by atoms with Gasteiger partial charge in [-0.15, -0.1) is 0 Å². The number of methoxy groups -OCH3 is 1. The molecular weight excluding hydrogens is 296 g/mol. The molecule has 8 heteroatoms. The standard InChI is InChI=1S/C13H18N2O5S/c1-14-21(18,19)12-6-4-3-5-10(12)15-8-9(20-2)7-11(15)13(16)17/h3-6,9,11,14H,7-8H2,1-2H3,(H,16,17). The first-order chi connectivity index (χ1) is 9.90. The summed E-state index contributed by atoms with van der Waals surface area (Å²) in [6.07, 6.45) is 0.0798. The van der Waals surface area contributed by atoms with Crippen molar-refractivity contribution in [1.29, 1.82) is 0 Å². The lowest BCUT2D eigenvalue weighted by Gasteiger charge is -2.25. The summed E-state index contributed by atoms with van der Waals surface area (Å²) in [7, 11) is -0.826. The third-order valence-electron chi connectivity index (χ3n) is 3.61. The van der Waals surface area contributed by atoms with Crippen LogP contribution in [0.5, 0.6) is 0 Å². The number of benzene rings is 1. The number of hydrogen-bond acceptors (Lipinski definition) is 5. The predicted octanol–water partition coefficient (Wildman–Crippen LogP) is 0.273. The summed E-state index contributed by atoms with van der Waals surface area (Å²) >= 11 is 0. The van der Waals surface area contributed by atoms with Gasteiger partial charge in [0, 0.05) is 20.1 Å². The molecule has 2 N–H and O–H groups in total. The van der Waals surface area contributed by atoms with E-state index in [1.54, 1.807) is 23.1 Å². The number of nitrogens with one attached hydrogen (secondary N) is 1. The van der Waals surface area contributed by atoms with Crippen LogP contribution in [0.2, 0.25) is 0 Å². The van der Waals surface area contributed by atoms with Crippen molar-refractivity contribution in [2.75, 3.05) is 25.6 Å². The maximum atomic E-state index is 12.1. The zero-order valence-electron chi connectivity index (χ0n) is 11.8. The number of ether oxygens (including phenoxy) is 1. The van der Waals surface area contributed by atoms with Crippen molar-refractivity contribution in [1.82, 2.24) is 4.72 Å².